The third-order valence-electron chi connectivity index (χ3n) is 3.78. The summed E-state index contributed by atoms with van der Waals surface area (Å²) in [7, 11) is 1.69. The van der Waals surface area contributed by atoms with Crippen LogP contribution in [0.1, 0.15) is 40.3 Å². The van der Waals surface area contributed by atoms with E-state index in [-0.39, 0.29) is 11.7 Å². The standard InChI is InChI=1S/C15H18N4O3/c1-18-13(15(21)19-7-3-2-4-8-19)11(10-16-18)17-14(20)12-6-5-9-22-12/h5-6,9-10H,2-4,7-8H2,1H3,(H,17,20). The summed E-state index contributed by atoms with van der Waals surface area (Å²) in [5.41, 5.74) is 0.793. The quantitative estimate of drug-likeness (QED) is 0.939. The number of furan rings is 1. The molecule has 7 nitrogen and oxygen atoms in total. The van der Waals surface area contributed by atoms with Crippen LogP contribution < -0.4 is 5.32 Å². The Morgan fingerprint density at radius 1 is 1.27 bits per heavy atom. The second kappa shape index (κ2) is 6.05. The van der Waals surface area contributed by atoms with Crippen molar-refractivity contribution in [2.24, 2.45) is 7.05 Å². The molecule has 2 aromatic heterocycles. The number of rotatable bonds is 3. The maximum atomic E-state index is 12.7. The van der Waals surface area contributed by atoms with Crippen molar-refractivity contribution < 1.29 is 14.0 Å². The number of carbonyl (C=O) groups excluding carboxylic acids is 2. The minimum Gasteiger partial charge on any atom is -0.459 e. The fourth-order valence-electron chi connectivity index (χ4n) is 2.62. The minimum atomic E-state index is -0.398. The van der Waals surface area contributed by atoms with E-state index in [0.717, 1.165) is 32.4 Å². The van der Waals surface area contributed by atoms with Gasteiger partial charge in [-0.25, -0.2) is 0 Å². The lowest BCUT2D eigenvalue weighted by atomic mass is 10.1. The number of anilines is 1. The summed E-state index contributed by atoms with van der Waals surface area (Å²) in [6, 6.07) is 3.20. The summed E-state index contributed by atoms with van der Waals surface area (Å²) in [6.07, 6.45) is 6.09. The van der Waals surface area contributed by atoms with E-state index in [2.05, 4.69) is 10.4 Å². The molecule has 0 spiro atoms. The summed E-state index contributed by atoms with van der Waals surface area (Å²) in [5, 5.41) is 6.78. The fourth-order valence-corrected chi connectivity index (χ4v) is 2.62. The highest BCUT2D eigenvalue weighted by Crippen LogP contribution is 2.20. The second-order valence-electron chi connectivity index (χ2n) is 5.31. The summed E-state index contributed by atoms with van der Waals surface area (Å²) >= 11 is 0. The molecule has 22 heavy (non-hydrogen) atoms. The maximum Gasteiger partial charge on any atom is 0.291 e. The van der Waals surface area contributed by atoms with Crippen molar-refractivity contribution >= 4 is 17.5 Å². The molecule has 3 heterocycles. The number of hydrogen-bond donors (Lipinski definition) is 1. The van der Waals surface area contributed by atoms with Gasteiger partial charge in [-0.2, -0.15) is 5.10 Å². The lowest BCUT2D eigenvalue weighted by molar-refractivity contribution is 0.0714. The number of likely N-dealkylation sites (tertiary alicyclic amines) is 1. The van der Waals surface area contributed by atoms with Gasteiger partial charge in [0.05, 0.1) is 18.1 Å². The molecule has 116 valence electrons. The number of aryl methyl sites for hydroxylation is 1. The molecule has 0 atom stereocenters. The first-order valence-electron chi connectivity index (χ1n) is 7.33. The summed E-state index contributed by atoms with van der Waals surface area (Å²) < 4.78 is 6.55. The van der Waals surface area contributed by atoms with Gasteiger partial charge in [0.1, 0.15) is 5.69 Å². The fraction of sp³-hybridized carbons (Fsp3) is 0.400. The van der Waals surface area contributed by atoms with Gasteiger partial charge in [-0.3, -0.25) is 14.3 Å². The lowest BCUT2D eigenvalue weighted by Crippen LogP contribution is -2.37. The third kappa shape index (κ3) is 2.74. The molecule has 0 saturated carbocycles. The van der Waals surface area contributed by atoms with Crippen molar-refractivity contribution in [3.05, 3.63) is 36.0 Å². The van der Waals surface area contributed by atoms with Crippen molar-refractivity contribution in [2.45, 2.75) is 19.3 Å². The molecule has 7 heteroatoms. The Morgan fingerprint density at radius 2 is 2.05 bits per heavy atom. The summed E-state index contributed by atoms with van der Waals surface area (Å²) in [5.74, 6) is -0.305. The van der Waals surface area contributed by atoms with E-state index in [1.54, 1.807) is 19.2 Å². The molecule has 2 aromatic rings. The van der Waals surface area contributed by atoms with Crippen molar-refractivity contribution in [1.82, 2.24) is 14.7 Å². The predicted octanol–water partition coefficient (Wildman–Crippen LogP) is 1.89. The smallest absolute Gasteiger partial charge is 0.291 e. The van der Waals surface area contributed by atoms with Crippen molar-refractivity contribution in [1.29, 1.82) is 0 Å². The average Bonchev–Trinajstić information content (AvgIpc) is 3.18. The van der Waals surface area contributed by atoms with E-state index < -0.39 is 5.91 Å². The normalized spacial score (nSPS) is 14.9. The van der Waals surface area contributed by atoms with Gasteiger partial charge in [0, 0.05) is 20.1 Å². The van der Waals surface area contributed by atoms with Gasteiger partial charge < -0.3 is 14.6 Å². The van der Waals surface area contributed by atoms with Crippen LogP contribution in [0.25, 0.3) is 0 Å². The summed E-state index contributed by atoms with van der Waals surface area (Å²) in [4.78, 5) is 26.5. The highest BCUT2D eigenvalue weighted by Gasteiger charge is 2.25. The van der Waals surface area contributed by atoms with Gasteiger partial charge in [-0.1, -0.05) is 0 Å². The van der Waals surface area contributed by atoms with Gasteiger partial charge in [0.2, 0.25) is 0 Å². The molecule has 0 radical (unpaired) electrons. The SMILES string of the molecule is Cn1ncc(NC(=O)c2ccco2)c1C(=O)N1CCCCC1. The lowest BCUT2D eigenvalue weighted by Gasteiger charge is -2.26. The van der Waals surface area contributed by atoms with E-state index in [9.17, 15) is 9.59 Å². The van der Waals surface area contributed by atoms with Crippen molar-refractivity contribution in [2.75, 3.05) is 18.4 Å². The maximum absolute atomic E-state index is 12.7. The zero-order valence-corrected chi connectivity index (χ0v) is 12.4. The molecule has 1 saturated heterocycles. The Hall–Kier alpha value is -2.57. The number of piperidine rings is 1. The molecule has 0 unspecified atom stereocenters. The van der Waals surface area contributed by atoms with Crippen LogP contribution in [0.3, 0.4) is 0 Å². The van der Waals surface area contributed by atoms with Gasteiger partial charge in [0.15, 0.2) is 5.76 Å². The minimum absolute atomic E-state index is 0.102. The molecule has 0 aromatic carbocycles. The first-order chi connectivity index (χ1) is 10.7. The number of aromatic nitrogens is 2. The first kappa shape index (κ1) is 14.4. The Balaban J connectivity index is 1.81. The first-order valence-corrected chi connectivity index (χ1v) is 7.33. The molecule has 1 fully saturated rings. The predicted molar refractivity (Wildman–Crippen MR) is 79.6 cm³/mol. The Kier molecular flexibility index (Phi) is 3.95. The van der Waals surface area contributed by atoms with Crippen LogP contribution in [0, 0.1) is 0 Å². The summed E-state index contributed by atoms with van der Waals surface area (Å²) in [6.45, 7) is 1.49. The number of nitrogens with one attached hydrogen (secondary N) is 1. The van der Waals surface area contributed by atoms with E-state index >= 15 is 0 Å². The molecule has 1 N–H and O–H groups in total. The van der Waals surface area contributed by atoms with E-state index in [4.69, 9.17) is 4.42 Å². The van der Waals surface area contributed by atoms with Crippen molar-refractivity contribution in [3.8, 4) is 0 Å². The number of carbonyl (C=O) groups is 2. The van der Waals surface area contributed by atoms with Gasteiger partial charge >= 0.3 is 0 Å². The molecule has 0 aliphatic carbocycles. The number of nitrogens with zero attached hydrogens (tertiary/aromatic N) is 3. The number of amides is 2. The zero-order chi connectivity index (χ0) is 15.5. The molecular formula is C15H18N4O3. The van der Waals surface area contributed by atoms with Crippen LogP contribution in [-0.4, -0.2) is 39.6 Å². The van der Waals surface area contributed by atoms with Gasteiger partial charge in [-0.05, 0) is 31.4 Å². The molecule has 1 aliphatic rings. The monoisotopic (exact) mass is 302 g/mol. The highest BCUT2D eigenvalue weighted by atomic mass is 16.3. The third-order valence-corrected chi connectivity index (χ3v) is 3.78. The molecule has 2 amide bonds. The Morgan fingerprint density at radius 3 is 2.73 bits per heavy atom. The largest absolute Gasteiger partial charge is 0.459 e. The Bertz CT molecular complexity index is 669. The van der Waals surface area contributed by atoms with E-state index in [1.165, 1.54) is 17.1 Å². The number of hydrogen-bond acceptors (Lipinski definition) is 4. The molecular weight excluding hydrogens is 284 g/mol. The van der Waals surface area contributed by atoms with Gasteiger partial charge in [-0.15, -0.1) is 0 Å². The zero-order valence-electron chi connectivity index (χ0n) is 12.4. The Labute approximate surface area is 127 Å². The highest BCUT2D eigenvalue weighted by molar-refractivity contribution is 6.07. The molecule has 0 bridgehead atoms. The van der Waals surface area contributed by atoms with E-state index in [0.29, 0.717) is 11.4 Å². The van der Waals surface area contributed by atoms with Crippen LogP contribution in [0.2, 0.25) is 0 Å². The van der Waals surface area contributed by atoms with Crippen LogP contribution in [0.4, 0.5) is 5.69 Å². The van der Waals surface area contributed by atoms with Crippen LogP contribution in [0.5, 0.6) is 0 Å². The topological polar surface area (TPSA) is 80.4 Å². The average molecular weight is 302 g/mol. The molecule has 3 rings (SSSR count). The van der Waals surface area contributed by atoms with Crippen LogP contribution in [0.15, 0.2) is 29.0 Å². The van der Waals surface area contributed by atoms with E-state index in [1.807, 2.05) is 4.90 Å². The van der Waals surface area contributed by atoms with Crippen LogP contribution >= 0.6 is 0 Å². The second-order valence-corrected chi connectivity index (χ2v) is 5.31. The van der Waals surface area contributed by atoms with Crippen LogP contribution in [-0.2, 0) is 7.05 Å². The molecule has 1 aliphatic heterocycles. The van der Waals surface area contributed by atoms with Crippen molar-refractivity contribution in [3.63, 3.8) is 0 Å². The van der Waals surface area contributed by atoms with Gasteiger partial charge in [0.25, 0.3) is 11.8 Å².